The van der Waals surface area contributed by atoms with Gasteiger partial charge in [0.15, 0.2) is 5.79 Å². The van der Waals surface area contributed by atoms with Gasteiger partial charge < -0.3 is 19.3 Å². The van der Waals surface area contributed by atoms with Crippen molar-refractivity contribution in [1.29, 1.82) is 0 Å². The molecule has 0 saturated carbocycles. The molecule has 0 amide bonds. The quantitative estimate of drug-likeness (QED) is 0.751. The van der Waals surface area contributed by atoms with Crippen molar-refractivity contribution in [1.82, 2.24) is 4.90 Å². The van der Waals surface area contributed by atoms with E-state index in [4.69, 9.17) is 14.2 Å². The summed E-state index contributed by atoms with van der Waals surface area (Å²) in [5.74, 6) is -0.839. The number of carbonyl (C=O) groups is 1. The van der Waals surface area contributed by atoms with Crippen molar-refractivity contribution in [2.45, 2.75) is 69.8 Å². The largest absolute Gasteiger partial charge is 0.466 e. The zero-order valence-electron chi connectivity index (χ0n) is 12.2. The average molecular weight is 285 g/mol. The summed E-state index contributed by atoms with van der Waals surface area (Å²) in [6, 6.07) is 0.0687. The van der Waals surface area contributed by atoms with Crippen molar-refractivity contribution < 1.29 is 24.1 Å². The minimum Gasteiger partial charge on any atom is -0.466 e. The number of aliphatic hydroxyl groups is 1. The summed E-state index contributed by atoms with van der Waals surface area (Å²) in [6.07, 6.45) is 0.434. The van der Waals surface area contributed by atoms with Crippen LogP contribution in [0.2, 0.25) is 0 Å². The summed E-state index contributed by atoms with van der Waals surface area (Å²) < 4.78 is 17.0. The van der Waals surface area contributed by atoms with E-state index in [-0.39, 0.29) is 42.8 Å². The first-order valence-electron chi connectivity index (χ1n) is 7.36. The standard InChI is InChI=1S/C14H23NO5/c1-4-18-11(17)6-10-13-12(19-14(2,3)20-13)9-5-8(16)7-15(9)10/h8-10,12-13,16H,4-7H2,1-3H3/t8-,9-,10+,12-,13+/m1/s1. The maximum atomic E-state index is 11.8. The highest BCUT2D eigenvalue weighted by atomic mass is 16.8. The molecule has 0 radical (unpaired) electrons. The number of hydrogen-bond donors (Lipinski definition) is 1. The van der Waals surface area contributed by atoms with Gasteiger partial charge in [0.25, 0.3) is 0 Å². The van der Waals surface area contributed by atoms with Crippen molar-refractivity contribution in [3.63, 3.8) is 0 Å². The predicted molar refractivity (Wildman–Crippen MR) is 70.0 cm³/mol. The fraction of sp³-hybridized carbons (Fsp3) is 0.929. The number of rotatable bonds is 3. The van der Waals surface area contributed by atoms with E-state index in [2.05, 4.69) is 4.90 Å². The summed E-state index contributed by atoms with van der Waals surface area (Å²) in [5.41, 5.74) is 0. The summed E-state index contributed by atoms with van der Waals surface area (Å²) in [4.78, 5) is 14.0. The molecule has 0 aromatic carbocycles. The lowest BCUT2D eigenvalue weighted by atomic mass is 10.0. The summed E-state index contributed by atoms with van der Waals surface area (Å²) in [7, 11) is 0. The molecule has 3 rings (SSSR count). The second-order valence-electron chi connectivity index (χ2n) is 6.29. The van der Waals surface area contributed by atoms with Gasteiger partial charge in [-0.2, -0.15) is 0 Å². The highest BCUT2D eigenvalue weighted by molar-refractivity contribution is 5.70. The van der Waals surface area contributed by atoms with Gasteiger partial charge in [-0.15, -0.1) is 0 Å². The van der Waals surface area contributed by atoms with Gasteiger partial charge in [0.05, 0.1) is 19.1 Å². The van der Waals surface area contributed by atoms with Gasteiger partial charge >= 0.3 is 5.97 Å². The Balaban J connectivity index is 1.78. The van der Waals surface area contributed by atoms with E-state index in [1.165, 1.54) is 0 Å². The number of fused-ring (bicyclic) bond motifs is 3. The Morgan fingerprint density at radius 2 is 2.10 bits per heavy atom. The molecule has 3 aliphatic rings. The van der Waals surface area contributed by atoms with Crippen LogP contribution in [0.1, 0.15) is 33.6 Å². The molecule has 3 saturated heterocycles. The van der Waals surface area contributed by atoms with E-state index in [0.717, 1.165) is 0 Å². The maximum Gasteiger partial charge on any atom is 0.307 e. The molecule has 6 heteroatoms. The molecule has 3 aliphatic heterocycles. The minimum atomic E-state index is -0.623. The molecule has 114 valence electrons. The molecule has 20 heavy (non-hydrogen) atoms. The summed E-state index contributed by atoms with van der Waals surface area (Å²) in [6.45, 7) is 6.55. The number of esters is 1. The van der Waals surface area contributed by atoms with Crippen LogP contribution in [0, 0.1) is 0 Å². The highest BCUT2D eigenvalue weighted by Crippen LogP contribution is 2.45. The first-order valence-corrected chi connectivity index (χ1v) is 7.36. The lowest BCUT2D eigenvalue weighted by Gasteiger charge is -2.29. The van der Waals surface area contributed by atoms with Crippen LogP contribution >= 0.6 is 0 Å². The van der Waals surface area contributed by atoms with E-state index in [1.54, 1.807) is 6.92 Å². The average Bonchev–Trinajstić information content (AvgIpc) is 2.92. The smallest absolute Gasteiger partial charge is 0.307 e. The van der Waals surface area contributed by atoms with Crippen LogP contribution in [-0.2, 0) is 19.0 Å². The summed E-state index contributed by atoms with van der Waals surface area (Å²) >= 11 is 0. The van der Waals surface area contributed by atoms with Crippen LogP contribution in [-0.4, -0.2) is 65.3 Å². The van der Waals surface area contributed by atoms with Gasteiger partial charge in [-0.1, -0.05) is 0 Å². The molecule has 0 unspecified atom stereocenters. The zero-order valence-corrected chi connectivity index (χ0v) is 12.2. The van der Waals surface area contributed by atoms with Crippen LogP contribution in [0.5, 0.6) is 0 Å². The van der Waals surface area contributed by atoms with E-state index in [0.29, 0.717) is 19.6 Å². The second kappa shape index (κ2) is 4.94. The van der Waals surface area contributed by atoms with E-state index in [9.17, 15) is 9.90 Å². The second-order valence-corrected chi connectivity index (χ2v) is 6.29. The normalized spacial score (nSPS) is 42.5. The zero-order chi connectivity index (χ0) is 14.5. The lowest BCUT2D eigenvalue weighted by Crippen LogP contribution is -2.41. The Kier molecular flexibility index (Phi) is 3.52. The number of nitrogens with zero attached hydrogens (tertiary/aromatic N) is 1. The van der Waals surface area contributed by atoms with Gasteiger partial charge in [-0.3, -0.25) is 9.69 Å². The number of hydrogen-bond acceptors (Lipinski definition) is 6. The first-order chi connectivity index (χ1) is 9.41. The summed E-state index contributed by atoms with van der Waals surface area (Å²) in [5, 5.41) is 9.89. The van der Waals surface area contributed by atoms with Crippen LogP contribution in [0.15, 0.2) is 0 Å². The molecular weight excluding hydrogens is 262 g/mol. The van der Waals surface area contributed by atoms with E-state index < -0.39 is 5.79 Å². The number of ether oxygens (including phenoxy) is 3. The van der Waals surface area contributed by atoms with Crippen molar-refractivity contribution in [2.75, 3.05) is 13.2 Å². The van der Waals surface area contributed by atoms with Crippen LogP contribution in [0.3, 0.4) is 0 Å². The van der Waals surface area contributed by atoms with Crippen molar-refractivity contribution in [3.05, 3.63) is 0 Å². The van der Waals surface area contributed by atoms with Crippen LogP contribution in [0.4, 0.5) is 0 Å². The van der Waals surface area contributed by atoms with Gasteiger partial charge in [0.2, 0.25) is 0 Å². The van der Waals surface area contributed by atoms with Crippen molar-refractivity contribution >= 4 is 5.97 Å². The molecular formula is C14H23NO5. The lowest BCUT2D eigenvalue weighted by molar-refractivity contribution is -0.168. The molecule has 0 spiro atoms. The Labute approximate surface area is 119 Å². The third-order valence-electron chi connectivity index (χ3n) is 4.39. The fourth-order valence-electron chi connectivity index (χ4n) is 3.80. The van der Waals surface area contributed by atoms with Gasteiger partial charge in [-0.25, -0.2) is 0 Å². The molecule has 6 nitrogen and oxygen atoms in total. The topological polar surface area (TPSA) is 68.2 Å². The van der Waals surface area contributed by atoms with E-state index >= 15 is 0 Å². The first kappa shape index (κ1) is 14.3. The van der Waals surface area contributed by atoms with Crippen LogP contribution < -0.4 is 0 Å². The van der Waals surface area contributed by atoms with Crippen molar-refractivity contribution in [3.8, 4) is 0 Å². The number of aliphatic hydroxyl groups excluding tert-OH is 1. The van der Waals surface area contributed by atoms with Gasteiger partial charge in [0.1, 0.15) is 12.2 Å². The highest BCUT2D eigenvalue weighted by Gasteiger charge is 2.60. The minimum absolute atomic E-state index is 0.0667. The van der Waals surface area contributed by atoms with E-state index in [1.807, 2.05) is 13.8 Å². The molecule has 3 heterocycles. The monoisotopic (exact) mass is 285 g/mol. The molecule has 0 aromatic rings. The molecule has 5 atom stereocenters. The number of carbonyl (C=O) groups excluding carboxylic acids is 1. The SMILES string of the molecule is CCOC(=O)C[C@H]1[C@@H]2OC(C)(C)O[C@@H]2[C@H]2C[C@@H](O)CN21. The molecule has 3 fully saturated rings. The molecule has 0 bridgehead atoms. The van der Waals surface area contributed by atoms with Crippen molar-refractivity contribution in [2.24, 2.45) is 0 Å². The Morgan fingerprint density at radius 1 is 1.40 bits per heavy atom. The molecule has 0 aromatic heterocycles. The predicted octanol–water partition coefficient (Wildman–Crippen LogP) is 0.277. The van der Waals surface area contributed by atoms with Crippen LogP contribution in [0.25, 0.3) is 0 Å². The Morgan fingerprint density at radius 3 is 2.80 bits per heavy atom. The molecule has 1 N–H and O–H groups in total. The third-order valence-corrected chi connectivity index (χ3v) is 4.39. The Hall–Kier alpha value is -0.690. The van der Waals surface area contributed by atoms with Gasteiger partial charge in [-0.05, 0) is 27.2 Å². The van der Waals surface area contributed by atoms with Gasteiger partial charge in [0, 0.05) is 18.6 Å². The maximum absolute atomic E-state index is 11.8. The molecule has 0 aliphatic carbocycles. The third kappa shape index (κ3) is 2.35. The fourth-order valence-corrected chi connectivity index (χ4v) is 3.80. The Bertz CT molecular complexity index is 399.